The summed E-state index contributed by atoms with van der Waals surface area (Å²) in [5, 5.41) is 15.5. The molecule has 0 aliphatic heterocycles. The number of thiazole rings is 1. The Hall–Kier alpha value is -2.92. The second-order valence-electron chi connectivity index (χ2n) is 5.43. The summed E-state index contributed by atoms with van der Waals surface area (Å²) >= 11 is 1.51. The molecule has 1 N–H and O–H groups in total. The van der Waals surface area contributed by atoms with Crippen molar-refractivity contribution in [2.24, 2.45) is 0 Å². The van der Waals surface area contributed by atoms with E-state index in [2.05, 4.69) is 10.1 Å². The minimum absolute atomic E-state index is 0.0854. The number of hydrogen-bond donors (Lipinski definition) is 1. The summed E-state index contributed by atoms with van der Waals surface area (Å²) in [6.45, 7) is 2.03. The summed E-state index contributed by atoms with van der Waals surface area (Å²) in [5.41, 5.74) is 3.67. The van der Waals surface area contributed by atoms with Crippen molar-refractivity contribution in [3.05, 3.63) is 71.6 Å². The molecule has 24 heavy (non-hydrogen) atoms. The van der Waals surface area contributed by atoms with E-state index in [9.17, 15) is 5.11 Å². The van der Waals surface area contributed by atoms with Gasteiger partial charge in [-0.3, -0.25) is 0 Å². The minimum Gasteiger partial charge on any atom is -0.493 e. The minimum atomic E-state index is 0.0854. The zero-order chi connectivity index (χ0) is 16.5. The predicted octanol–water partition coefficient (Wildman–Crippen LogP) is 4.68. The van der Waals surface area contributed by atoms with E-state index in [1.165, 1.54) is 16.0 Å². The van der Waals surface area contributed by atoms with Crippen LogP contribution >= 0.6 is 11.3 Å². The Balaban J connectivity index is 1.77. The molecule has 5 heteroatoms. The van der Waals surface area contributed by atoms with Crippen molar-refractivity contribution in [2.45, 2.75) is 6.92 Å². The van der Waals surface area contributed by atoms with E-state index in [4.69, 9.17) is 0 Å². The molecule has 2 aromatic heterocycles. The third-order valence-electron chi connectivity index (χ3n) is 3.77. The lowest BCUT2D eigenvalue weighted by atomic mass is 10.1. The van der Waals surface area contributed by atoms with Crippen LogP contribution in [0.5, 0.6) is 5.88 Å². The Bertz CT molecular complexity index is 975. The fourth-order valence-electron chi connectivity index (χ4n) is 2.60. The van der Waals surface area contributed by atoms with Crippen LogP contribution in [-0.2, 0) is 0 Å². The van der Waals surface area contributed by atoms with Crippen molar-refractivity contribution >= 4 is 11.3 Å². The smallest absolute Gasteiger partial charge is 0.216 e. The standard InChI is InChI=1S/C19H15N3OS/c1-13-18(15-10-6-3-7-11-15)20-19(24-13)22-17(23)12-16(21-22)14-8-4-2-5-9-14/h2-12,23H,1H3. The van der Waals surface area contributed by atoms with Gasteiger partial charge in [-0.25, -0.2) is 4.98 Å². The molecule has 0 aliphatic rings. The fourth-order valence-corrected chi connectivity index (χ4v) is 3.49. The quantitative estimate of drug-likeness (QED) is 0.592. The van der Waals surface area contributed by atoms with E-state index in [-0.39, 0.29) is 5.88 Å². The van der Waals surface area contributed by atoms with Gasteiger partial charge in [-0.1, -0.05) is 72.0 Å². The van der Waals surface area contributed by atoms with Gasteiger partial charge in [0.25, 0.3) is 0 Å². The van der Waals surface area contributed by atoms with Gasteiger partial charge >= 0.3 is 0 Å². The molecule has 0 atom stereocenters. The van der Waals surface area contributed by atoms with Crippen LogP contribution in [0.25, 0.3) is 27.6 Å². The lowest BCUT2D eigenvalue weighted by Crippen LogP contribution is -1.95. The highest BCUT2D eigenvalue weighted by atomic mass is 32.1. The molecule has 0 unspecified atom stereocenters. The Morgan fingerprint density at radius 3 is 2.21 bits per heavy atom. The van der Waals surface area contributed by atoms with Crippen molar-refractivity contribution in [3.8, 4) is 33.5 Å². The molecule has 2 heterocycles. The van der Waals surface area contributed by atoms with E-state index in [1.54, 1.807) is 6.07 Å². The summed E-state index contributed by atoms with van der Waals surface area (Å²) in [4.78, 5) is 5.77. The molecule has 0 aliphatic carbocycles. The van der Waals surface area contributed by atoms with E-state index >= 15 is 0 Å². The normalized spacial score (nSPS) is 10.9. The highest BCUT2D eigenvalue weighted by Crippen LogP contribution is 2.32. The summed E-state index contributed by atoms with van der Waals surface area (Å²) in [6, 6.07) is 21.5. The zero-order valence-corrected chi connectivity index (χ0v) is 13.9. The Kier molecular flexibility index (Phi) is 3.63. The number of nitrogens with zero attached hydrogens (tertiary/aromatic N) is 3. The van der Waals surface area contributed by atoms with Crippen LogP contribution in [0.15, 0.2) is 66.7 Å². The molecular weight excluding hydrogens is 318 g/mol. The molecule has 0 saturated carbocycles. The average molecular weight is 333 g/mol. The molecule has 0 bridgehead atoms. The summed E-state index contributed by atoms with van der Waals surface area (Å²) < 4.78 is 1.49. The molecule has 0 fully saturated rings. The molecule has 118 valence electrons. The van der Waals surface area contributed by atoms with Gasteiger partial charge in [-0.2, -0.15) is 9.78 Å². The van der Waals surface area contributed by atoms with Crippen LogP contribution in [0.1, 0.15) is 4.88 Å². The molecule has 0 radical (unpaired) electrons. The Morgan fingerprint density at radius 2 is 1.54 bits per heavy atom. The topological polar surface area (TPSA) is 50.9 Å². The predicted molar refractivity (Wildman–Crippen MR) is 96.5 cm³/mol. The van der Waals surface area contributed by atoms with Crippen molar-refractivity contribution < 1.29 is 5.11 Å². The number of aryl methyl sites for hydroxylation is 1. The molecule has 0 amide bonds. The average Bonchev–Trinajstić information content (AvgIpc) is 3.19. The Labute approximate surface area is 143 Å². The van der Waals surface area contributed by atoms with Crippen LogP contribution in [0.4, 0.5) is 0 Å². The molecule has 2 aromatic carbocycles. The summed E-state index contributed by atoms with van der Waals surface area (Å²) in [6.07, 6.45) is 0. The van der Waals surface area contributed by atoms with Gasteiger partial charge in [0.05, 0.1) is 11.4 Å². The van der Waals surface area contributed by atoms with Crippen LogP contribution in [0.2, 0.25) is 0 Å². The van der Waals surface area contributed by atoms with Gasteiger partial charge in [0.15, 0.2) is 0 Å². The molecule has 4 rings (SSSR count). The maximum absolute atomic E-state index is 10.3. The maximum Gasteiger partial charge on any atom is 0.216 e. The maximum atomic E-state index is 10.3. The van der Waals surface area contributed by atoms with Gasteiger partial charge < -0.3 is 5.11 Å². The van der Waals surface area contributed by atoms with Gasteiger partial charge in [0.1, 0.15) is 0 Å². The van der Waals surface area contributed by atoms with Crippen molar-refractivity contribution in [1.29, 1.82) is 0 Å². The first-order chi connectivity index (χ1) is 11.7. The third-order valence-corrected chi connectivity index (χ3v) is 4.72. The molecule has 0 saturated heterocycles. The first-order valence-electron chi connectivity index (χ1n) is 7.60. The van der Waals surface area contributed by atoms with Crippen molar-refractivity contribution in [1.82, 2.24) is 14.8 Å². The van der Waals surface area contributed by atoms with Gasteiger partial charge in [0.2, 0.25) is 11.0 Å². The van der Waals surface area contributed by atoms with Gasteiger partial charge in [0, 0.05) is 22.1 Å². The SMILES string of the molecule is Cc1sc(-n2nc(-c3ccccc3)cc2O)nc1-c1ccccc1. The number of aromatic nitrogens is 3. The van der Waals surface area contributed by atoms with Crippen LogP contribution in [-0.4, -0.2) is 19.9 Å². The number of hydrogen-bond acceptors (Lipinski definition) is 4. The van der Waals surface area contributed by atoms with Gasteiger partial charge in [-0.15, -0.1) is 0 Å². The fraction of sp³-hybridized carbons (Fsp3) is 0.0526. The lowest BCUT2D eigenvalue weighted by Gasteiger charge is -1.98. The zero-order valence-electron chi connectivity index (χ0n) is 13.0. The first-order valence-corrected chi connectivity index (χ1v) is 8.42. The van der Waals surface area contributed by atoms with E-state index in [1.807, 2.05) is 67.6 Å². The lowest BCUT2D eigenvalue weighted by molar-refractivity contribution is 0.433. The van der Waals surface area contributed by atoms with Crippen molar-refractivity contribution in [2.75, 3.05) is 0 Å². The number of aromatic hydroxyl groups is 1. The highest BCUT2D eigenvalue weighted by molar-refractivity contribution is 7.14. The van der Waals surface area contributed by atoms with E-state index < -0.39 is 0 Å². The largest absolute Gasteiger partial charge is 0.493 e. The number of rotatable bonds is 3. The number of benzene rings is 2. The van der Waals surface area contributed by atoms with E-state index in [0.29, 0.717) is 5.13 Å². The van der Waals surface area contributed by atoms with Gasteiger partial charge in [-0.05, 0) is 6.92 Å². The monoisotopic (exact) mass is 333 g/mol. The molecule has 4 nitrogen and oxygen atoms in total. The second kappa shape index (κ2) is 5.94. The Morgan fingerprint density at radius 1 is 0.917 bits per heavy atom. The van der Waals surface area contributed by atoms with Crippen LogP contribution in [0.3, 0.4) is 0 Å². The van der Waals surface area contributed by atoms with E-state index in [0.717, 1.165) is 27.4 Å². The van der Waals surface area contributed by atoms with Crippen molar-refractivity contribution in [3.63, 3.8) is 0 Å². The summed E-state index contributed by atoms with van der Waals surface area (Å²) in [5.74, 6) is 0.0854. The highest BCUT2D eigenvalue weighted by Gasteiger charge is 2.16. The molecular formula is C19H15N3OS. The third kappa shape index (κ3) is 2.59. The van der Waals surface area contributed by atoms with Crippen LogP contribution < -0.4 is 0 Å². The van der Waals surface area contributed by atoms with Crippen LogP contribution in [0, 0.1) is 6.92 Å². The molecule has 0 spiro atoms. The first kappa shape index (κ1) is 14.7. The molecule has 4 aromatic rings. The second-order valence-corrected chi connectivity index (χ2v) is 6.61. The summed E-state index contributed by atoms with van der Waals surface area (Å²) in [7, 11) is 0.